The van der Waals surface area contributed by atoms with Crippen molar-refractivity contribution in [1.82, 2.24) is 0 Å². The lowest BCUT2D eigenvalue weighted by molar-refractivity contribution is -0.142. The molecule has 0 aliphatic carbocycles. The summed E-state index contributed by atoms with van der Waals surface area (Å²) in [5, 5.41) is 5.44. The number of esters is 2. The Morgan fingerprint density at radius 3 is 1.32 bits per heavy atom. The lowest BCUT2D eigenvalue weighted by Gasteiger charge is -2.14. The van der Waals surface area contributed by atoms with Crippen molar-refractivity contribution in [2.45, 2.75) is 25.7 Å². The average molecular weight is 472 g/mol. The zero-order valence-electron chi connectivity index (χ0n) is 19.6. The topological polar surface area (TPSA) is 129 Å². The molecular formula is C24H28N2O8. The van der Waals surface area contributed by atoms with E-state index in [9.17, 15) is 19.2 Å². The van der Waals surface area contributed by atoms with Gasteiger partial charge in [-0.15, -0.1) is 0 Å². The van der Waals surface area contributed by atoms with Crippen molar-refractivity contribution in [3.05, 3.63) is 36.4 Å². The highest BCUT2D eigenvalue weighted by molar-refractivity contribution is 5.95. The molecule has 0 aliphatic heterocycles. The minimum absolute atomic E-state index is 0.0123. The fourth-order valence-electron chi connectivity index (χ4n) is 3.01. The molecule has 2 aromatic carbocycles. The van der Waals surface area contributed by atoms with Crippen LogP contribution in [0.1, 0.15) is 25.7 Å². The van der Waals surface area contributed by atoms with E-state index >= 15 is 0 Å². The fourth-order valence-corrected chi connectivity index (χ4v) is 3.01. The van der Waals surface area contributed by atoms with Crippen LogP contribution in [0.2, 0.25) is 0 Å². The molecule has 2 N–H and O–H groups in total. The van der Waals surface area contributed by atoms with Crippen LogP contribution in [0.25, 0.3) is 11.1 Å². The van der Waals surface area contributed by atoms with Gasteiger partial charge in [0.2, 0.25) is 11.8 Å². The largest absolute Gasteiger partial charge is 0.495 e. The van der Waals surface area contributed by atoms with Gasteiger partial charge in [-0.3, -0.25) is 19.2 Å². The van der Waals surface area contributed by atoms with E-state index in [1.807, 2.05) is 0 Å². The van der Waals surface area contributed by atoms with Crippen molar-refractivity contribution < 1.29 is 38.1 Å². The molecule has 0 saturated heterocycles. The van der Waals surface area contributed by atoms with Gasteiger partial charge < -0.3 is 29.6 Å². The number of rotatable bonds is 11. The molecule has 2 amide bonds. The van der Waals surface area contributed by atoms with Crippen molar-refractivity contribution in [2.75, 3.05) is 39.1 Å². The second-order valence-electron chi connectivity index (χ2n) is 7.08. The standard InChI is InChI=1S/C24H28N2O8/c1-31-19-13-15(5-7-17(19)25-21(27)9-11-23(29)33-3)16-6-8-18(20(14-16)32-2)26-22(28)10-12-24(30)34-4/h5-8,13-14H,9-12H2,1-4H3,(H,25,27)(H,26,28). The summed E-state index contributed by atoms with van der Waals surface area (Å²) in [7, 11) is 5.50. The van der Waals surface area contributed by atoms with Gasteiger partial charge in [-0.1, -0.05) is 12.1 Å². The molecule has 0 radical (unpaired) electrons. The number of hydrogen-bond acceptors (Lipinski definition) is 8. The quantitative estimate of drug-likeness (QED) is 0.477. The van der Waals surface area contributed by atoms with E-state index in [-0.39, 0.29) is 37.5 Å². The first-order valence-corrected chi connectivity index (χ1v) is 10.4. The Bertz CT molecular complexity index is 968. The van der Waals surface area contributed by atoms with Crippen molar-refractivity contribution in [2.24, 2.45) is 0 Å². The van der Waals surface area contributed by atoms with Crippen molar-refractivity contribution in [1.29, 1.82) is 0 Å². The summed E-state index contributed by atoms with van der Waals surface area (Å²) in [5.74, 6) is -0.744. The Hall–Kier alpha value is -4.08. The predicted octanol–water partition coefficient (Wildman–Crippen LogP) is 3.15. The van der Waals surface area contributed by atoms with E-state index in [2.05, 4.69) is 20.1 Å². The minimum Gasteiger partial charge on any atom is -0.495 e. The third-order valence-corrected chi connectivity index (χ3v) is 4.85. The zero-order chi connectivity index (χ0) is 25.1. The first-order chi connectivity index (χ1) is 16.3. The van der Waals surface area contributed by atoms with Gasteiger partial charge in [-0.05, 0) is 35.4 Å². The molecule has 2 rings (SSSR count). The predicted molar refractivity (Wildman–Crippen MR) is 125 cm³/mol. The first-order valence-electron chi connectivity index (χ1n) is 10.4. The number of carbonyl (C=O) groups excluding carboxylic acids is 4. The highest BCUT2D eigenvalue weighted by Gasteiger charge is 2.14. The third kappa shape index (κ3) is 7.51. The third-order valence-electron chi connectivity index (χ3n) is 4.85. The van der Waals surface area contributed by atoms with Crippen molar-refractivity contribution in [3.8, 4) is 22.6 Å². The van der Waals surface area contributed by atoms with Crippen molar-refractivity contribution in [3.63, 3.8) is 0 Å². The lowest BCUT2D eigenvalue weighted by atomic mass is 10.0. The summed E-state index contributed by atoms with van der Waals surface area (Å²) >= 11 is 0. The average Bonchev–Trinajstić information content (AvgIpc) is 2.86. The van der Waals surface area contributed by atoms with E-state index < -0.39 is 11.9 Å². The van der Waals surface area contributed by atoms with Crippen LogP contribution < -0.4 is 20.1 Å². The van der Waals surface area contributed by atoms with Crippen LogP contribution >= 0.6 is 0 Å². The van der Waals surface area contributed by atoms with Crippen LogP contribution in [-0.2, 0) is 28.7 Å². The van der Waals surface area contributed by atoms with Gasteiger partial charge in [0.15, 0.2) is 0 Å². The fraction of sp³-hybridized carbons (Fsp3) is 0.333. The lowest BCUT2D eigenvalue weighted by Crippen LogP contribution is -2.14. The van der Waals surface area contributed by atoms with Crippen LogP contribution in [-0.4, -0.2) is 52.2 Å². The van der Waals surface area contributed by atoms with Crippen LogP contribution in [0.5, 0.6) is 11.5 Å². The van der Waals surface area contributed by atoms with E-state index in [4.69, 9.17) is 9.47 Å². The maximum absolute atomic E-state index is 12.1. The minimum atomic E-state index is -0.463. The molecule has 0 heterocycles. The second kappa shape index (κ2) is 12.8. The highest BCUT2D eigenvalue weighted by atomic mass is 16.5. The van der Waals surface area contributed by atoms with E-state index in [0.29, 0.717) is 22.9 Å². The van der Waals surface area contributed by atoms with Gasteiger partial charge >= 0.3 is 11.9 Å². The van der Waals surface area contributed by atoms with Gasteiger partial charge in [0.25, 0.3) is 0 Å². The Labute approximate surface area is 197 Å². The summed E-state index contributed by atoms with van der Waals surface area (Å²) in [5.41, 5.74) is 2.49. The van der Waals surface area contributed by atoms with Gasteiger partial charge in [0.05, 0.1) is 52.7 Å². The number of benzene rings is 2. The Morgan fingerprint density at radius 2 is 1.00 bits per heavy atom. The number of ether oxygens (including phenoxy) is 4. The van der Waals surface area contributed by atoms with E-state index in [1.54, 1.807) is 36.4 Å². The van der Waals surface area contributed by atoms with E-state index in [1.165, 1.54) is 28.4 Å². The first kappa shape index (κ1) is 26.2. The zero-order valence-corrected chi connectivity index (χ0v) is 19.6. The number of methoxy groups -OCH3 is 4. The number of amides is 2. The molecule has 0 bridgehead atoms. The molecule has 0 saturated carbocycles. The molecule has 0 aromatic heterocycles. The Kier molecular flexibility index (Phi) is 9.88. The smallest absolute Gasteiger partial charge is 0.306 e. The Balaban J connectivity index is 2.15. The summed E-state index contributed by atoms with van der Waals surface area (Å²) in [4.78, 5) is 46.7. The van der Waals surface area contributed by atoms with Gasteiger partial charge in [-0.2, -0.15) is 0 Å². The Morgan fingerprint density at radius 1 is 0.618 bits per heavy atom. The number of carbonyl (C=O) groups is 4. The molecule has 0 spiro atoms. The maximum atomic E-state index is 12.1. The van der Waals surface area contributed by atoms with Crippen LogP contribution in [0.4, 0.5) is 11.4 Å². The SMILES string of the molecule is COC(=O)CCC(=O)Nc1ccc(-c2ccc(NC(=O)CCC(=O)OC)c(OC)c2)cc1OC. The number of nitrogens with one attached hydrogen (secondary N) is 2. The van der Waals surface area contributed by atoms with E-state index in [0.717, 1.165) is 11.1 Å². The van der Waals surface area contributed by atoms with Gasteiger partial charge in [0, 0.05) is 12.8 Å². The number of anilines is 2. The molecule has 10 nitrogen and oxygen atoms in total. The molecule has 0 fully saturated rings. The van der Waals surface area contributed by atoms with Gasteiger partial charge in [0.1, 0.15) is 11.5 Å². The summed E-state index contributed by atoms with van der Waals surface area (Å²) in [6.45, 7) is 0. The molecule has 34 heavy (non-hydrogen) atoms. The van der Waals surface area contributed by atoms with Crippen LogP contribution in [0, 0.1) is 0 Å². The molecule has 182 valence electrons. The molecule has 0 unspecified atom stereocenters. The molecule has 0 aliphatic rings. The summed E-state index contributed by atoms with van der Waals surface area (Å²) in [6, 6.07) is 10.5. The van der Waals surface area contributed by atoms with Crippen LogP contribution in [0.15, 0.2) is 36.4 Å². The van der Waals surface area contributed by atoms with Crippen LogP contribution in [0.3, 0.4) is 0 Å². The normalized spacial score (nSPS) is 10.1. The summed E-state index contributed by atoms with van der Waals surface area (Å²) in [6.07, 6.45) is -0.0641. The highest BCUT2D eigenvalue weighted by Crippen LogP contribution is 2.35. The molecule has 0 atom stereocenters. The second-order valence-corrected chi connectivity index (χ2v) is 7.08. The maximum Gasteiger partial charge on any atom is 0.306 e. The van der Waals surface area contributed by atoms with Crippen molar-refractivity contribution >= 4 is 35.1 Å². The molecule has 10 heteroatoms. The van der Waals surface area contributed by atoms with Gasteiger partial charge in [-0.25, -0.2) is 0 Å². The monoisotopic (exact) mass is 472 g/mol. The summed E-state index contributed by atoms with van der Waals surface area (Å²) < 4.78 is 19.9. The molecule has 2 aromatic rings. The molecular weight excluding hydrogens is 444 g/mol. The number of hydrogen-bond donors (Lipinski definition) is 2.